The summed E-state index contributed by atoms with van der Waals surface area (Å²) in [4.78, 5) is 15.8. The first-order valence-electron chi connectivity index (χ1n) is 6.30. The van der Waals surface area contributed by atoms with Crippen molar-refractivity contribution < 1.29 is 19.7 Å². The number of aromatic nitrogens is 2. The molecular weight excluding hydrogens is 250 g/mol. The molecule has 1 fully saturated rings. The molecule has 3 N–H and O–H groups in total. The summed E-state index contributed by atoms with van der Waals surface area (Å²) < 4.78 is 7.11. The number of hydrogen-bond donors (Lipinski definition) is 3. The number of imidazole rings is 1. The van der Waals surface area contributed by atoms with Gasteiger partial charge in [0.2, 0.25) is 0 Å². The maximum atomic E-state index is 11.8. The van der Waals surface area contributed by atoms with E-state index in [-0.39, 0.29) is 18.6 Å². The molecule has 1 amide bonds. The number of hydrogen-bond acceptors (Lipinski definition) is 5. The van der Waals surface area contributed by atoms with Crippen molar-refractivity contribution in [2.75, 3.05) is 6.61 Å². The molecule has 0 saturated carbocycles. The van der Waals surface area contributed by atoms with Gasteiger partial charge >= 0.3 is 0 Å². The summed E-state index contributed by atoms with van der Waals surface area (Å²) >= 11 is 0. The smallest absolute Gasteiger partial charge is 0.271 e. The van der Waals surface area contributed by atoms with Crippen LogP contribution in [0.5, 0.6) is 0 Å². The Labute approximate surface area is 111 Å². The van der Waals surface area contributed by atoms with Gasteiger partial charge in [-0.2, -0.15) is 0 Å². The molecule has 106 valence electrons. The standard InChI is InChI=1S/C12H19N3O4/c1-7(2)14-12(18)8-4-15(6-13-8)11-3-9(17)10(5-16)19-11/h4,6-7,9-11,16-17H,3,5H2,1-2H3,(H,14,18)/t9-,10+,11+/m0/s1. The largest absolute Gasteiger partial charge is 0.394 e. The van der Waals surface area contributed by atoms with Gasteiger partial charge in [-0.05, 0) is 13.8 Å². The Hall–Kier alpha value is -1.44. The molecule has 1 aliphatic heterocycles. The van der Waals surface area contributed by atoms with Gasteiger partial charge in [-0.1, -0.05) is 0 Å². The minimum atomic E-state index is -0.703. The summed E-state index contributed by atoms with van der Waals surface area (Å²) in [5, 5.41) is 21.4. The molecule has 7 heteroatoms. The van der Waals surface area contributed by atoms with Crippen molar-refractivity contribution in [3.8, 4) is 0 Å². The Morgan fingerprint density at radius 1 is 1.68 bits per heavy atom. The topological polar surface area (TPSA) is 96.6 Å². The molecule has 1 aromatic heterocycles. The molecule has 19 heavy (non-hydrogen) atoms. The van der Waals surface area contributed by atoms with Crippen molar-refractivity contribution in [3.05, 3.63) is 18.2 Å². The van der Waals surface area contributed by atoms with Gasteiger partial charge in [0.15, 0.2) is 0 Å². The molecule has 1 aromatic rings. The number of amides is 1. The van der Waals surface area contributed by atoms with Crippen LogP contribution in [0.25, 0.3) is 0 Å². The van der Waals surface area contributed by atoms with Crippen LogP contribution in [-0.4, -0.2) is 50.5 Å². The third-order valence-corrected chi connectivity index (χ3v) is 2.97. The van der Waals surface area contributed by atoms with Crippen molar-refractivity contribution in [1.82, 2.24) is 14.9 Å². The fourth-order valence-electron chi connectivity index (χ4n) is 2.01. The molecule has 1 saturated heterocycles. The summed E-state index contributed by atoms with van der Waals surface area (Å²) in [6.07, 6.45) is 1.75. The summed E-state index contributed by atoms with van der Waals surface area (Å²) in [5.74, 6) is -0.244. The van der Waals surface area contributed by atoms with Crippen molar-refractivity contribution in [3.63, 3.8) is 0 Å². The molecule has 0 aromatic carbocycles. The highest BCUT2D eigenvalue weighted by Crippen LogP contribution is 2.28. The molecule has 0 radical (unpaired) electrons. The molecule has 0 aliphatic carbocycles. The number of rotatable bonds is 4. The monoisotopic (exact) mass is 269 g/mol. The van der Waals surface area contributed by atoms with Crippen molar-refractivity contribution in [2.45, 2.75) is 44.7 Å². The maximum absolute atomic E-state index is 11.8. The third-order valence-electron chi connectivity index (χ3n) is 2.97. The second kappa shape index (κ2) is 5.68. The van der Waals surface area contributed by atoms with Crippen LogP contribution < -0.4 is 5.32 Å². The minimum absolute atomic E-state index is 0.0426. The summed E-state index contributed by atoms with van der Waals surface area (Å²) in [7, 11) is 0. The van der Waals surface area contributed by atoms with Crippen molar-refractivity contribution >= 4 is 5.91 Å². The van der Waals surface area contributed by atoms with E-state index in [1.165, 1.54) is 6.33 Å². The summed E-state index contributed by atoms with van der Waals surface area (Å²) in [6.45, 7) is 3.52. The number of ether oxygens (including phenoxy) is 1. The molecular formula is C12H19N3O4. The summed E-state index contributed by atoms with van der Waals surface area (Å²) in [6, 6.07) is 0.0426. The van der Waals surface area contributed by atoms with Gasteiger partial charge in [-0.25, -0.2) is 4.98 Å². The van der Waals surface area contributed by atoms with Gasteiger partial charge in [0.05, 0.1) is 19.0 Å². The number of aliphatic hydroxyl groups excluding tert-OH is 2. The molecule has 1 aliphatic rings. The molecule has 0 unspecified atom stereocenters. The van der Waals surface area contributed by atoms with E-state index in [1.807, 2.05) is 13.8 Å². The Morgan fingerprint density at radius 2 is 2.42 bits per heavy atom. The zero-order chi connectivity index (χ0) is 14.0. The van der Waals surface area contributed by atoms with Gasteiger partial charge in [-0.15, -0.1) is 0 Å². The number of carbonyl (C=O) groups excluding carboxylic acids is 1. The Kier molecular flexibility index (Phi) is 4.18. The van der Waals surface area contributed by atoms with Gasteiger partial charge in [0.1, 0.15) is 18.0 Å². The van der Waals surface area contributed by atoms with Crippen LogP contribution in [0, 0.1) is 0 Å². The van der Waals surface area contributed by atoms with Crippen LogP contribution in [0.2, 0.25) is 0 Å². The van der Waals surface area contributed by atoms with E-state index in [9.17, 15) is 9.90 Å². The first kappa shape index (κ1) is 14.0. The van der Waals surface area contributed by atoms with Crippen LogP contribution in [-0.2, 0) is 4.74 Å². The number of nitrogens with one attached hydrogen (secondary N) is 1. The lowest BCUT2D eigenvalue weighted by Gasteiger charge is -2.12. The lowest BCUT2D eigenvalue weighted by atomic mass is 10.2. The molecule has 2 heterocycles. The molecule has 7 nitrogen and oxygen atoms in total. The van der Waals surface area contributed by atoms with Crippen LogP contribution >= 0.6 is 0 Å². The van der Waals surface area contributed by atoms with Gasteiger partial charge in [-0.3, -0.25) is 4.79 Å². The number of carbonyl (C=O) groups is 1. The fraction of sp³-hybridized carbons (Fsp3) is 0.667. The van der Waals surface area contributed by atoms with E-state index >= 15 is 0 Å². The van der Waals surface area contributed by atoms with E-state index < -0.39 is 18.4 Å². The Bertz CT molecular complexity index is 446. The normalized spacial score (nSPS) is 26.9. The highest BCUT2D eigenvalue weighted by atomic mass is 16.5. The highest BCUT2D eigenvalue weighted by molar-refractivity contribution is 5.92. The minimum Gasteiger partial charge on any atom is -0.394 e. The Balaban J connectivity index is 2.04. The van der Waals surface area contributed by atoms with Crippen molar-refractivity contribution in [2.24, 2.45) is 0 Å². The predicted molar refractivity (Wildman–Crippen MR) is 66.4 cm³/mol. The quantitative estimate of drug-likeness (QED) is 0.695. The maximum Gasteiger partial charge on any atom is 0.271 e. The van der Waals surface area contributed by atoms with E-state index in [1.54, 1.807) is 10.8 Å². The Morgan fingerprint density at radius 3 is 3.00 bits per heavy atom. The van der Waals surface area contributed by atoms with E-state index in [0.717, 1.165) is 0 Å². The van der Waals surface area contributed by atoms with Crippen LogP contribution in [0.1, 0.15) is 37.0 Å². The van der Waals surface area contributed by atoms with E-state index in [0.29, 0.717) is 12.1 Å². The average molecular weight is 269 g/mol. The lowest BCUT2D eigenvalue weighted by molar-refractivity contribution is -0.0443. The highest BCUT2D eigenvalue weighted by Gasteiger charge is 2.34. The first-order chi connectivity index (χ1) is 9.01. The van der Waals surface area contributed by atoms with E-state index in [4.69, 9.17) is 9.84 Å². The van der Waals surface area contributed by atoms with E-state index in [2.05, 4.69) is 10.3 Å². The van der Waals surface area contributed by atoms with Crippen LogP contribution in [0.15, 0.2) is 12.5 Å². The SMILES string of the molecule is CC(C)NC(=O)c1cn([C@H]2C[C@H](O)[C@@H](CO)O2)cn1. The molecule has 0 bridgehead atoms. The predicted octanol–water partition coefficient (Wildman–Crippen LogP) is -0.338. The number of aliphatic hydroxyl groups is 2. The first-order valence-corrected chi connectivity index (χ1v) is 6.30. The average Bonchev–Trinajstić information content (AvgIpc) is 2.93. The summed E-state index contributed by atoms with van der Waals surface area (Å²) in [5.41, 5.74) is 0.305. The lowest BCUT2D eigenvalue weighted by Crippen LogP contribution is -2.30. The van der Waals surface area contributed by atoms with Gasteiger partial charge < -0.3 is 24.8 Å². The number of nitrogens with zero attached hydrogens (tertiary/aromatic N) is 2. The van der Waals surface area contributed by atoms with Gasteiger partial charge in [0, 0.05) is 18.7 Å². The van der Waals surface area contributed by atoms with Crippen molar-refractivity contribution in [1.29, 1.82) is 0 Å². The molecule has 3 atom stereocenters. The second-order valence-electron chi connectivity index (χ2n) is 4.95. The van der Waals surface area contributed by atoms with Crippen LogP contribution in [0.4, 0.5) is 0 Å². The zero-order valence-corrected chi connectivity index (χ0v) is 11.0. The fourth-order valence-corrected chi connectivity index (χ4v) is 2.01. The molecule has 2 rings (SSSR count). The van der Waals surface area contributed by atoms with Crippen LogP contribution in [0.3, 0.4) is 0 Å². The second-order valence-corrected chi connectivity index (χ2v) is 4.95. The molecule has 0 spiro atoms. The van der Waals surface area contributed by atoms with Gasteiger partial charge in [0.25, 0.3) is 5.91 Å². The zero-order valence-electron chi connectivity index (χ0n) is 11.0. The third kappa shape index (κ3) is 3.12.